The van der Waals surface area contributed by atoms with Crippen LogP contribution in [0.3, 0.4) is 0 Å². The summed E-state index contributed by atoms with van der Waals surface area (Å²) in [5.41, 5.74) is 7.78. The monoisotopic (exact) mass is 594 g/mol. The Hall–Kier alpha value is -4.37. The number of ether oxygens (including phenoxy) is 2. The van der Waals surface area contributed by atoms with E-state index in [-0.39, 0.29) is 18.6 Å². The average Bonchev–Trinajstić information content (AvgIpc) is 3.51. The number of hydrogen-bond acceptors (Lipinski definition) is 6. The Labute approximate surface area is 253 Å². The minimum Gasteiger partial charge on any atom is -0.490 e. The maximum absolute atomic E-state index is 14.5. The maximum Gasteiger partial charge on any atom is 0.247 e. The van der Waals surface area contributed by atoms with Gasteiger partial charge in [-0.3, -0.25) is 4.79 Å². The number of fused-ring (bicyclic) bond motifs is 2. The number of hydrogen-bond donors (Lipinski definition) is 2. The number of nitrogens with one attached hydrogen (secondary N) is 1. The molecule has 2 heterocycles. The van der Waals surface area contributed by atoms with Crippen LogP contribution in [0.15, 0.2) is 84.8 Å². The molecule has 2 aromatic heterocycles. The van der Waals surface area contributed by atoms with Crippen molar-refractivity contribution in [3.63, 3.8) is 0 Å². The molecule has 6 rings (SSSR count). The molecule has 2 N–H and O–H groups in total. The number of thiophene rings is 1. The van der Waals surface area contributed by atoms with Gasteiger partial charge in [0.05, 0.1) is 24.1 Å². The summed E-state index contributed by atoms with van der Waals surface area (Å²) in [6.45, 7) is 4.17. The van der Waals surface area contributed by atoms with Crippen LogP contribution in [0.4, 0.5) is 10.1 Å². The lowest BCUT2D eigenvalue weighted by atomic mass is 9.87. The number of aryl methyl sites for hydroxylation is 1. The first-order chi connectivity index (χ1) is 20.9. The zero-order chi connectivity index (χ0) is 29.9. The number of carbonyl (C=O) groups is 1. The molecule has 43 heavy (non-hydrogen) atoms. The van der Waals surface area contributed by atoms with Gasteiger partial charge in [0.25, 0.3) is 0 Å². The second-order valence-corrected chi connectivity index (χ2v) is 11.4. The fourth-order valence-corrected chi connectivity index (χ4v) is 6.54. The van der Waals surface area contributed by atoms with Crippen LogP contribution >= 0.6 is 11.3 Å². The van der Waals surface area contributed by atoms with Gasteiger partial charge >= 0.3 is 0 Å². The van der Waals surface area contributed by atoms with Crippen molar-refractivity contribution in [2.45, 2.75) is 25.4 Å². The number of nitrogens with zero attached hydrogens (tertiary/aromatic N) is 1. The molecule has 1 aliphatic carbocycles. The van der Waals surface area contributed by atoms with Gasteiger partial charge in [0, 0.05) is 51.2 Å². The lowest BCUT2D eigenvalue weighted by molar-refractivity contribution is -0.111. The molecule has 8 heteroatoms. The molecule has 1 atom stereocenters. The molecule has 1 unspecified atom stereocenters. The van der Waals surface area contributed by atoms with E-state index in [2.05, 4.69) is 36.2 Å². The van der Waals surface area contributed by atoms with E-state index < -0.39 is 5.82 Å². The lowest BCUT2D eigenvalue weighted by Crippen LogP contribution is -2.18. The number of anilines is 1. The number of methoxy groups -OCH3 is 1. The lowest BCUT2D eigenvalue weighted by Gasteiger charge is -2.22. The zero-order valence-corrected chi connectivity index (χ0v) is 24.5. The van der Waals surface area contributed by atoms with Gasteiger partial charge in [-0.25, -0.2) is 9.37 Å². The smallest absolute Gasteiger partial charge is 0.247 e. The van der Waals surface area contributed by atoms with Crippen molar-refractivity contribution >= 4 is 33.0 Å². The van der Waals surface area contributed by atoms with E-state index >= 15 is 0 Å². The van der Waals surface area contributed by atoms with Gasteiger partial charge in [-0.2, -0.15) is 0 Å². The fourth-order valence-electron chi connectivity index (χ4n) is 5.58. The quantitative estimate of drug-likeness (QED) is 0.137. The van der Waals surface area contributed by atoms with Crippen LogP contribution in [-0.2, 0) is 22.4 Å². The largest absolute Gasteiger partial charge is 0.490 e. The third-order valence-corrected chi connectivity index (χ3v) is 8.57. The molecule has 6 nitrogen and oxygen atoms in total. The maximum atomic E-state index is 14.5. The number of halogens is 1. The summed E-state index contributed by atoms with van der Waals surface area (Å²) in [7, 11) is 1.59. The number of aliphatic hydroxyl groups is 1. The van der Waals surface area contributed by atoms with Crippen LogP contribution in [0.25, 0.3) is 43.7 Å². The van der Waals surface area contributed by atoms with E-state index in [0.29, 0.717) is 35.7 Å². The molecule has 0 saturated heterocycles. The highest BCUT2D eigenvalue weighted by molar-refractivity contribution is 7.18. The topological polar surface area (TPSA) is 80.7 Å². The Kier molecular flexibility index (Phi) is 8.33. The Morgan fingerprint density at radius 1 is 1.09 bits per heavy atom. The third-order valence-electron chi connectivity index (χ3n) is 7.64. The summed E-state index contributed by atoms with van der Waals surface area (Å²) in [5, 5.41) is 16.0. The van der Waals surface area contributed by atoms with E-state index in [1.54, 1.807) is 24.5 Å². The molecule has 0 saturated carbocycles. The van der Waals surface area contributed by atoms with Crippen molar-refractivity contribution in [3.8, 4) is 39.4 Å². The first kappa shape index (κ1) is 28.7. The molecule has 0 aliphatic heterocycles. The average molecular weight is 595 g/mol. The van der Waals surface area contributed by atoms with Crippen LogP contribution in [0.5, 0.6) is 5.75 Å². The zero-order valence-electron chi connectivity index (χ0n) is 23.7. The molecular formula is C35H31FN2O4S. The van der Waals surface area contributed by atoms with E-state index in [9.17, 15) is 14.3 Å². The van der Waals surface area contributed by atoms with E-state index in [1.807, 2.05) is 29.6 Å². The Morgan fingerprint density at radius 2 is 1.95 bits per heavy atom. The summed E-state index contributed by atoms with van der Waals surface area (Å²) in [4.78, 5) is 17.4. The van der Waals surface area contributed by atoms with Crippen LogP contribution in [-0.4, -0.2) is 42.4 Å². The van der Waals surface area contributed by atoms with Crippen molar-refractivity contribution in [1.82, 2.24) is 4.98 Å². The first-order valence-corrected chi connectivity index (χ1v) is 15.0. The summed E-state index contributed by atoms with van der Waals surface area (Å²) in [6, 6.07) is 20.4. The van der Waals surface area contributed by atoms with Crippen LogP contribution in [0, 0.1) is 5.82 Å². The normalized spacial score (nSPS) is 14.3. The van der Waals surface area contributed by atoms with Crippen molar-refractivity contribution in [2.24, 2.45) is 0 Å². The minimum atomic E-state index is -0.405. The number of rotatable bonds is 9. The summed E-state index contributed by atoms with van der Waals surface area (Å²) < 4.78 is 26.7. The molecule has 218 valence electrons. The number of carbonyl (C=O) groups excluding carboxylic acids is 1. The summed E-state index contributed by atoms with van der Waals surface area (Å²) in [6.07, 6.45) is 3.12. The van der Waals surface area contributed by atoms with Gasteiger partial charge in [0.15, 0.2) is 0 Å². The Bertz CT molecular complexity index is 1830. The summed E-state index contributed by atoms with van der Waals surface area (Å²) in [5.74, 6) is -0.324. The van der Waals surface area contributed by atoms with E-state index in [1.165, 1.54) is 23.8 Å². The third kappa shape index (κ3) is 5.95. The highest BCUT2D eigenvalue weighted by Gasteiger charge is 2.24. The molecular weight excluding hydrogens is 563 g/mol. The van der Waals surface area contributed by atoms with Gasteiger partial charge in [-0.05, 0) is 78.2 Å². The number of amides is 1. The second-order valence-electron chi connectivity index (χ2n) is 10.5. The van der Waals surface area contributed by atoms with Crippen molar-refractivity contribution < 1.29 is 23.8 Å². The molecule has 0 spiro atoms. The summed E-state index contributed by atoms with van der Waals surface area (Å²) >= 11 is 1.59. The number of aliphatic hydroxyl groups excluding tert-OH is 1. The molecule has 0 fully saturated rings. The highest BCUT2D eigenvalue weighted by Crippen LogP contribution is 2.46. The van der Waals surface area contributed by atoms with Gasteiger partial charge in [-0.15, -0.1) is 11.3 Å². The molecule has 3 aromatic carbocycles. The Morgan fingerprint density at radius 3 is 2.79 bits per heavy atom. The predicted octanol–water partition coefficient (Wildman–Crippen LogP) is 7.44. The van der Waals surface area contributed by atoms with Crippen molar-refractivity contribution in [1.29, 1.82) is 0 Å². The van der Waals surface area contributed by atoms with Gasteiger partial charge in [-0.1, -0.05) is 30.8 Å². The van der Waals surface area contributed by atoms with Gasteiger partial charge in [0.1, 0.15) is 18.2 Å². The molecule has 5 aromatic rings. The number of pyridine rings is 1. The fraction of sp³-hybridized carbons (Fsp3) is 0.200. The number of benzene rings is 3. The van der Waals surface area contributed by atoms with E-state index in [0.717, 1.165) is 50.9 Å². The van der Waals surface area contributed by atoms with Gasteiger partial charge < -0.3 is 19.9 Å². The molecule has 1 amide bonds. The standard InChI is InChI=1S/C35H31FN2O4S/c1-3-31(40)37-26-6-4-5-23(18-26)34-32(28-12-10-25(36)20-30(28)42-15-14-41-2)35-29(13-16-43-35)33(38-34)24-8-7-22-19-27(39)11-9-21(22)17-24/h3-8,10,12-13,16-18,20,27,39H,1,9,11,14-15,19H2,2H3,(H,37,40). The van der Waals surface area contributed by atoms with Crippen LogP contribution in [0.2, 0.25) is 0 Å². The predicted molar refractivity (Wildman–Crippen MR) is 170 cm³/mol. The minimum absolute atomic E-state index is 0.258. The van der Waals surface area contributed by atoms with Crippen LogP contribution < -0.4 is 10.1 Å². The van der Waals surface area contributed by atoms with Crippen molar-refractivity contribution in [3.05, 3.63) is 102 Å². The van der Waals surface area contributed by atoms with Crippen LogP contribution in [0.1, 0.15) is 17.5 Å². The highest BCUT2D eigenvalue weighted by atomic mass is 32.1. The molecule has 0 radical (unpaired) electrons. The second kappa shape index (κ2) is 12.5. The van der Waals surface area contributed by atoms with Gasteiger partial charge in [0.2, 0.25) is 5.91 Å². The first-order valence-electron chi connectivity index (χ1n) is 14.1. The van der Waals surface area contributed by atoms with Crippen molar-refractivity contribution in [2.75, 3.05) is 25.6 Å². The van der Waals surface area contributed by atoms with E-state index in [4.69, 9.17) is 14.5 Å². The SMILES string of the molecule is C=CC(=O)Nc1cccc(-c2nc(-c3ccc4c(c3)CCC(O)C4)c3ccsc3c2-c2ccc(F)cc2OCCOC)c1. The number of aromatic nitrogens is 1. The molecule has 1 aliphatic rings. The Balaban J connectivity index is 1.59. The molecule has 0 bridgehead atoms.